The van der Waals surface area contributed by atoms with Crippen LogP contribution in [0.2, 0.25) is 0 Å². The van der Waals surface area contributed by atoms with Gasteiger partial charge in [-0.15, -0.1) is 0 Å². The molecule has 0 unspecified atom stereocenters. The number of rotatable bonds is 9. The van der Waals surface area contributed by atoms with Crippen molar-refractivity contribution >= 4 is 23.5 Å². The van der Waals surface area contributed by atoms with Gasteiger partial charge in [0.1, 0.15) is 29.4 Å². The van der Waals surface area contributed by atoms with E-state index in [1.54, 1.807) is 13.8 Å². The second-order valence-corrected chi connectivity index (χ2v) is 10.6. The Morgan fingerprint density at radius 1 is 1.00 bits per heavy atom. The van der Waals surface area contributed by atoms with Gasteiger partial charge in [0.05, 0.1) is 23.5 Å². The second kappa shape index (κ2) is 12.4. The number of hydrogen-bond acceptors (Lipinski definition) is 5. The minimum atomic E-state index is -5.15. The number of hydrogen-bond donors (Lipinski definition) is 2. The first-order valence-electron chi connectivity index (χ1n) is 13.1. The lowest BCUT2D eigenvalue weighted by Crippen LogP contribution is -2.58. The molecule has 0 saturated carbocycles. The summed E-state index contributed by atoms with van der Waals surface area (Å²) in [5.41, 5.74) is -0.0460. The van der Waals surface area contributed by atoms with Crippen LogP contribution in [0.15, 0.2) is 24.4 Å². The smallest absolute Gasteiger partial charge is 0.344 e. The first kappa shape index (κ1) is 31.7. The average Bonchev–Trinajstić information content (AvgIpc) is 3.52. The molecule has 1 aromatic heterocycles. The highest BCUT2D eigenvalue weighted by molar-refractivity contribution is 6.00. The fraction of sp³-hybridized carbons (Fsp3) is 0.519. The molecular weight excluding hydrogens is 553 g/mol. The number of benzene rings is 1. The summed E-state index contributed by atoms with van der Waals surface area (Å²) >= 11 is 0. The highest BCUT2D eigenvalue weighted by Gasteiger charge is 2.46. The molecule has 1 fully saturated rings. The van der Waals surface area contributed by atoms with Crippen molar-refractivity contribution in [2.75, 3.05) is 6.54 Å². The normalized spacial score (nSPS) is 17.1. The van der Waals surface area contributed by atoms with Crippen molar-refractivity contribution in [3.63, 3.8) is 0 Å². The average molecular weight is 586 g/mol. The molecule has 1 saturated heterocycles. The molecule has 224 valence electrons. The molecule has 0 spiro atoms. The quantitative estimate of drug-likeness (QED) is 0.438. The van der Waals surface area contributed by atoms with Crippen LogP contribution in [0.4, 0.5) is 22.0 Å². The van der Waals surface area contributed by atoms with Crippen LogP contribution in [0.25, 0.3) is 5.69 Å². The molecule has 1 aliphatic heterocycles. The van der Waals surface area contributed by atoms with E-state index in [0.717, 1.165) is 29.1 Å². The monoisotopic (exact) mass is 585 g/mol. The van der Waals surface area contributed by atoms with Crippen molar-refractivity contribution in [2.24, 2.45) is 11.8 Å². The van der Waals surface area contributed by atoms with Crippen molar-refractivity contribution in [3.8, 4) is 5.69 Å². The maximum atomic E-state index is 14.3. The first-order valence-corrected chi connectivity index (χ1v) is 13.1. The Kier molecular flexibility index (Phi) is 9.54. The molecule has 3 atom stereocenters. The number of halogens is 5. The second-order valence-electron chi connectivity index (χ2n) is 10.6. The molecule has 2 N–H and O–H groups in total. The number of carbonyl (C=O) groups excluding carboxylic acids is 4. The van der Waals surface area contributed by atoms with Crippen LogP contribution in [-0.4, -0.2) is 69.0 Å². The van der Waals surface area contributed by atoms with Gasteiger partial charge in [0.2, 0.25) is 11.8 Å². The molecule has 2 aromatic rings. The highest BCUT2D eigenvalue weighted by Crippen LogP contribution is 2.25. The lowest BCUT2D eigenvalue weighted by atomic mass is 9.98. The molecule has 14 heteroatoms. The number of Topliss-reactive ketones (excluding diaryl/α,β-unsaturated/α-hetero) is 1. The Labute approximate surface area is 233 Å². The minimum absolute atomic E-state index is 0.00624. The molecule has 0 radical (unpaired) electrons. The van der Waals surface area contributed by atoms with E-state index in [9.17, 15) is 41.1 Å². The Bertz CT molecular complexity index is 1320. The number of nitrogens with one attached hydrogen (secondary N) is 2. The van der Waals surface area contributed by atoms with Gasteiger partial charge in [-0.3, -0.25) is 19.2 Å². The van der Waals surface area contributed by atoms with E-state index in [2.05, 4.69) is 15.7 Å². The van der Waals surface area contributed by atoms with Gasteiger partial charge in [-0.25, -0.2) is 13.5 Å². The maximum absolute atomic E-state index is 14.3. The fourth-order valence-electron chi connectivity index (χ4n) is 4.70. The van der Waals surface area contributed by atoms with Gasteiger partial charge >= 0.3 is 6.18 Å². The van der Waals surface area contributed by atoms with Crippen LogP contribution < -0.4 is 10.6 Å². The molecule has 3 amide bonds. The fourth-order valence-corrected chi connectivity index (χ4v) is 4.70. The zero-order valence-electron chi connectivity index (χ0n) is 23.2. The predicted molar refractivity (Wildman–Crippen MR) is 137 cm³/mol. The Morgan fingerprint density at radius 3 is 2.22 bits per heavy atom. The zero-order chi connectivity index (χ0) is 30.8. The van der Waals surface area contributed by atoms with Crippen molar-refractivity contribution in [2.45, 2.75) is 71.8 Å². The van der Waals surface area contributed by atoms with Crippen molar-refractivity contribution in [1.29, 1.82) is 0 Å². The molecule has 3 rings (SSSR count). The first-order chi connectivity index (χ1) is 19.0. The van der Waals surface area contributed by atoms with Crippen molar-refractivity contribution in [3.05, 3.63) is 47.3 Å². The van der Waals surface area contributed by atoms with Crippen LogP contribution in [0, 0.1) is 30.4 Å². The molecule has 9 nitrogen and oxygen atoms in total. The Hall–Kier alpha value is -3.84. The van der Waals surface area contributed by atoms with E-state index in [1.165, 1.54) is 25.7 Å². The van der Waals surface area contributed by atoms with Gasteiger partial charge in [0.25, 0.3) is 11.7 Å². The molecule has 1 aliphatic rings. The van der Waals surface area contributed by atoms with Gasteiger partial charge in [-0.1, -0.05) is 27.7 Å². The van der Waals surface area contributed by atoms with E-state index < -0.39 is 71.3 Å². The summed E-state index contributed by atoms with van der Waals surface area (Å²) in [5.74, 6) is -7.14. The van der Waals surface area contributed by atoms with E-state index in [-0.39, 0.29) is 29.9 Å². The molecular formula is C27H32F5N5O4. The van der Waals surface area contributed by atoms with Crippen molar-refractivity contribution < 1.29 is 41.1 Å². The number of carbonyl (C=O) groups is 4. The van der Waals surface area contributed by atoms with E-state index in [4.69, 9.17) is 0 Å². The maximum Gasteiger partial charge on any atom is 0.452 e. The van der Waals surface area contributed by atoms with E-state index >= 15 is 0 Å². The molecule has 0 bridgehead atoms. The number of alkyl halides is 3. The summed E-state index contributed by atoms with van der Waals surface area (Å²) in [6.45, 7) is 7.62. The third kappa shape index (κ3) is 6.91. The van der Waals surface area contributed by atoms with Crippen LogP contribution in [0.5, 0.6) is 0 Å². The van der Waals surface area contributed by atoms with Crippen LogP contribution >= 0.6 is 0 Å². The van der Waals surface area contributed by atoms with Crippen LogP contribution in [-0.2, 0) is 14.4 Å². The highest BCUT2D eigenvalue weighted by atomic mass is 19.4. The number of amides is 3. The molecule has 2 heterocycles. The minimum Gasteiger partial charge on any atom is -0.344 e. The van der Waals surface area contributed by atoms with Crippen molar-refractivity contribution in [1.82, 2.24) is 25.3 Å². The largest absolute Gasteiger partial charge is 0.452 e. The summed E-state index contributed by atoms with van der Waals surface area (Å²) in [7, 11) is 0. The van der Waals surface area contributed by atoms with E-state index in [0.29, 0.717) is 6.42 Å². The molecule has 0 aliphatic carbocycles. The third-order valence-electron chi connectivity index (χ3n) is 6.97. The van der Waals surface area contributed by atoms with Gasteiger partial charge in [-0.2, -0.15) is 18.3 Å². The number of aromatic nitrogens is 2. The summed E-state index contributed by atoms with van der Waals surface area (Å²) in [4.78, 5) is 52.8. The summed E-state index contributed by atoms with van der Waals surface area (Å²) in [6, 6.07) is -1.31. The lowest BCUT2D eigenvalue weighted by molar-refractivity contribution is -0.175. The number of ketones is 1. The third-order valence-corrected chi connectivity index (χ3v) is 6.97. The van der Waals surface area contributed by atoms with Crippen LogP contribution in [0.1, 0.15) is 56.6 Å². The molecule has 1 aromatic carbocycles. The zero-order valence-corrected chi connectivity index (χ0v) is 23.2. The summed E-state index contributed by atoms with van der Waals surface area (Å²) in [6.07, 6.45) is -3.46. The van der Waals surface area contributed by atoms with Gasteiger partial charge in [0.15, 0.2) is 0 Å². The summed E-state index contributed by atoms with van der Waals surface area (Å²) < 4.78 is 68.2. The SMILES string of the molecule is Cc1c(C(=O)N[C@H](C(=O)N2CCC[C@H]2C(=O)N[C@H](C(=O)C(F)(F)F)C(C)C)C(C)C)cnn1-c1cc(F)ccc1F. The van der Waals surface area contributed by atoms with Gasteiger partial charge < -0.3 is 15.5 Å². The van der Waals surface area contributed by atoms with Crippen LogP contribution in [0.3, 0.4) is 0 Å². The topological polar surface area (TPSA) is 113 Å². The predicted octanol–water partition coefficient (Wildman–Crippen LogP) is 3.48. The number of likely N-dealkylation sites (tertiary alicyclic amines) is 1. The number of nitrogens with zero attached hydrogens (tertiary/aromatic N) is 3. The Balaban J connectivity index is 1.79. The van der Waals surface area contributed by atoms with Gasteiger partial charge in [0, 0.05) is 12.6 Å². The summed E-state index contributed by atoms with van der Waals surface area (Å²) in [5, 5.41) is 8.76. The lowest BCUT2D eigenvalue weighted by Gasteiger charge is -2.31. The Morgan fingerprint density at radius 2 is 1.63 bits per heavy atom. The standard InChI is InChI=1S/C27H32F5N5O4/c1-13(2)21(23(38)27(30,31)32)34-25(40)19-7-6-10-36(19)26(41)22(14(3)4)35-24(39)17-12-33-37(15(17)5)20-11-16(28)8-9-18(20)29/h8-9,11-14,19,21-22H,6-7,10H2,1-5H3,(H,34,40)(H,35,39)/t19-,21-,22-/m0/s1. The van der Waals surface area contributed by atoms with E-state index in [1.807, 2.05) is 0 Å². The molecule has 41 heavy (non-hydrogen) atoms. The van der Waals surface area contributed by atoms with Gasteiger partial charge in [-0.05, 0) is 43.7 Å².